The van der Waals surface area contributed by atoms with E-state index in [-0.39, 0.29) is 5.92 Å². The van der Waals surface area contributed by atoms with E-state index in [4.69, 9.17) is 16.9 Å². The smallest absolute Gasteiger partial charge is 0.166 e. The number of rotatable bonds is 3. The molecule has 0 unspecified atom stereocenters. The molecule has 0 fully saturated rings. The highest BCUT2D eigenvalue weighted by molar-refractivity contribution is 6.31. The van der Waals surface area contributed by atoms with Crippen molar-refractivity contribution >= 4 is 11.6 Å². The van der Waals surface area contributed by atoms with Gasteiger partial charge in [-0.15, -0.1) is 0 Å². The molecule has 0 saturated heterocycles. The van der Waals surface area contributed by atoms with Crippen LogP contribution in [0.1, 0.15) is 36.1 Å². The maximum Gasteiger partial charge on any atom is 0.166 e. The molecule has 0 amide bonds. The molecule has 2 rings (SSSR count). The van der Waals surface area contributed by atoms with E-state index in [9.17, 15) is 0 Å². The van der Waals surface area contributed by atoms with E-state index in [1.54, 1.807) is 4.68 Å². The first-order valence-corrected chi connectivity index (χ1v) is 6.23. The molecule has 0 radical (unpaired) electrons. The maximum absolute atomic E-state index is 9.13. The lowest BCUT2D eigenvalue weighted by Gasteiger charge is -2.15. The summed E-state index contributed by atoms with van der Waals surface area (Å²) in [5.41, 5.74) is 2.46. The summed E-state index contributed by atoms with van der Waals surface area (Å²) >= 11 is 6.24. The normalized spacial score (nSPS) is 12.1. The molecule has 0 N–H and O–H groups in total. The lowest BCUT2D eigenvalue weighted by Crippen LogP contribution is -2.01. The number of halogens is 1. The fourth-order valence-corrected chi connectivity index (χ4v) is 2.48. The first-order chi connectivity index (χ1) is 8.67. The summed E-state index contributed by atoms with van der Waals surface area (Å²) in [5, 5.41) is 14.0. The van der Waals surface area contributed by atoms with Crippen molar-refractivity contribution in [2.24, 2.45) is 7.05 Å². The minimum Gasteiger partial charge on any atom is -0.274 e. The van der Waals surface area contributed by atoms with Crippen LogP contribution in [0.15, 0.2) is 30.5 Å². The molecule has 0 bridgehead atoms. The van der Waals surface area contributed by atoms with Gasteiger partial charge in [-0.05, 0) is 18.1 Å². The van der Waals surface area contributed by atoms with E-state index < -0.39 is 0 Å². The first kappa shape index (κ1) is 12.7. The van der Waals surface area contributed by atoms with Crippen molar-refractivity contribution in [3.63, 3.8) is 0 Å². The monoisotopic (exact) mass is 259 g/mol. The zero-order valence-corrected chi connectivity index (χ0v) is 11.1. The lowest BCUT2D eigenvalue weighted by atomic mass is 9.89. The fourth-order valence-electron chi connectivity index (χ4n) is 2.21. The highest BCUT2D eigenvalue weighted by atomic mass is 35.5. The van der Waals surface area contributed by atoms with Crippen molar-refractivity contribution in [3.8, 4) is 6.07 Å². The predicted molar refractivity (Wildman–Crippen MR) is 71.5 cm³/mol. The molecular weight excluding hydrogens is 246 g/mol. The van der Waals surface area contributed by atoms with Gasteiger partial charge in [0.05, 0.1) is 0 Å². The highest BCUT2D eigenvalue weighted by Crippen LogP contribution is 2.33. The van der Waals surface area contributed by atoms with Crippen molar-refractivity contribution in [3.05, 3.63) is 52.3 Å². The Balaban J connectivity index is 2.53. The number of hydrogen-bond donors (Lipinski definition) is 0. The van der Waals surface area contributed by atoms with Crippen molar-refractivity contribution in [2.75, 3.05) is 0 Å². The summed E-state index contributed by atoms with van der Waals surface area (Å²) in [7, 11) is 1.82. The van der Waals surface area contributed by atoms with Crippen LogP contribution in [0.3, 0.4) is 0 Å². The van der Waals surface area contributed by atoms with Crippen LogP contribution in [-0.2, 0) is 7.05 Å². The molecule has 4 heteroatoms. The van der Waals surface area contributed by atoms with Crippen LogP contribution in [-0.4, -0.2) is 9.78 Å². The fraction of sp³-hybridized carbons (Fsp3) is 0.286. The van der Waals surface area contributed by atoms with E-state index in [0.717, 1.165) is 22.6 Å². The van der Waals surface area contributed by atoms with Gasteiger partial charge in [-0.2, -0.15) is 10.4 Å². The third-order valence-electron chi connectivity index (χ3n) is 3.03. The molecule has 1 heterocycles. The SMILES string of the molecule is CC[C@@H](c1ccccc1Cl)c1cn(C)nc1C#N. The first-order valence-electron chi connectivity index (χ1n) is 5.85. The average molecular weight is 260 g/mol. The van der Waals surface area contributed by atoms with Crippen LogP contribution in [0.2, 0.25) is 5.02 Å². The molecule has 0 aliphatic rings. The molecule has 2 aromatic rings. The molecular formula is C14H14ClN3. The summed E-state index contributed by atoms with van der Waals surface area (Å²) in [5.74, 6) is 0.113. The molecule has 92 valence electrons. The van der Waals surface area contributed by atoms with Gasteiger partial charge in [0.2, 0.25) is 0 Å². The van der Waals surface area contributed by atoms with Gasteiger partial charge in [0, 0.05) is 29.7 Å². The largest absolute Gasteiger partial charge is 0.274 e. The number of hydrogen-bond acceptors (Lipinski definition) is 2. The van der Waals surface area contributed by atoms with Crippen LogP contribution in [0.5, 0.6) is 0 Å². The molecule has 0 aliphatic heterocycles. The zero-order chi connectivity index (χ0) is 13.1. The summed E-state index contributed by atoms with van der Waals surface area (Å²) in [6.07, 6.45) is 2.78. The Morgan fingerprint density at radius 3 is 2.72 bits per heavy atom. The Kier molecular flexibility index (Phi) is 3.69. The lowest BCUT2D eigenvalue weighted by molar-refractivity contribution is 0.755. The van der Waals surface area contributed by atoms with Crippen molar-refractivity contribution in [2.45, 2.75) is 19.3 Å². The second-order valence-electron chi connectivity index (χ2n) is 4.20. The molecule has 0 saturated carbocycles. The van der Waals surface area contributed by atoms with Gasteiger partial charge < -0.3 is 0 Å². The standard InChI is InChI=1S/C14H14ClN3/c1-3-10(11-6-4-5-7-13(11)15)12-9-18(2)17-14(12)8-16/h4-7,9-10H,3H2,1-2H3/t10-/m0/s1. The number of nitrogens with zero attached hydrogens (tertiary/aromatic N) is 3. The minimum atomic E-state index is 0.113. The van der Waals surface area contributed by atoms with Crippen LogP contribution < -0.4 is 0 Å². The minimum absolute atomic E-state index is 0.113. The molecule has 1 atom stereocenters. The van der Waals surface area contributed by atoms with E-state index in [2.05, 4.69) is 18.1 Å². The Morgan fingerprint density at radius 1 is 1.39 bits per heavy atom. The van der Waals surface area contributed by atoms with Crippen LogP contribution >= 0.6 is 11.6 Å². The van der Waals surface area contributed by atoms with Gasteiger partial charge in [0.15, 0.2) is 5.69 Å². The quantitative estimate of drug-likeness (QED) is 0.847. The van der Waals surface area contributed by atoms with Crippen LogP contribution in [0.4, 0.5) is 0 Å². The van der Waals surface area contributed by atoms with E-state index in [1.807, 2.05) is 37.5 Å². The average Bonchev–Trinajstić information content (AvgIpc) is 2.74. The van der Waals surface area contributed by atoms with Gasteiger partial charge in [0.1, 0.15) is 6.07 Å². The number of aromatic nitrogens is 2. The number of nitriles is 1. The zero-order valence-electron chi connectivity index (χ0n) is 10.4. The van der Waals surface area contributed by atoms with Crippen LogP contribution in [0, 0.1) is 11.3 Å². The number of aryl methyl sites for hydroxylation is 1. The third-order valence-corrected chi connectivity index (χ3v) is 3.37. The Bertz CT molecular complexity index is 595. The third kappa shape index (κ3) is 2.25. The summed E-state index contributed by atoms with van der Waals surface area (Å²) in [4.78, 5) is 0. The van der Waals surface area contributed by atoms with Gasteiger partial charge in [-0.3, -0.25) is 4.68 Å². The van der Waals surface area contributed by atoms with Gasteiger partial charge in [0.25, 0.3) is 0 Å². The molecule has 0 spiro atoms. The Labute approximate surface area is 112 Å². The molecule has 1 aromatic heterocycles. The molecule has 1 aromatic carbocycles. The summed E-state index contributed by atoms with van der Waals surface area (Å²) in [6.45, 7) is 2.09. The maximum atomic E-state index is 9.13. The van der Waals surface area contributed by atoms with Gasteiger partial charge in [-0.1, -0.05) is 36.7 Å². The van der Waals surface area contributed by atoms with E-state index in [1.165, 1.54) is 0 Å². The van der Waals surface area contributed by atoms with Gasteiger partial charge in [-0.25, -0.2) is 0 Å². The topological polar surface area (TPSA) is 41.6 Å². The van der Waals surface area contributed by atoms with Crippen molar-refractivity contribution < 1.29 is 0 Å². The van der Waals surface area contributed by atoms with Crippen molar-refractivity contribution in [1.82, 2.24) is 9.78 Å². The number of benzene rings is 1. The second-order valence-corrected chi connectivity index (χ2v) is 4.61. The van der Waals surface area contributed by atoms with Crippen molar-refractivity contribution in [1.29, 1.82) is 5.26 Å². The summed E-state index contributed by atoms with van der Waals surface area (Å²) in [6, 6.07) is 9.90. The molecule has 0 aliphatic carbocycles. The molecule has 3 nitrogen and oxygen atoms in total. The molecule has 18 heavy (non-hydrogen) atoms. The predicted octanol–water partition coefficient (Wildman–Crippen LogP) is 3.49. The Hall–Kier alpha value is -1.79. The van der Waals surface area contributed by atoms with E-state index in [0.29, 0.717) is 5.69 Å². The summed E-state index contributed by atoms with van der Waals surface area (Å²) < 4.78 is 1.67. The van der Waals surface area contributed by atoms with E-state index >= 15 is 0 Å². The van der Waals surface area contributed by atoms with Crippen LogP contribution in [0.25, 0.3) is 0 Å². The van der Waals surface area contributed by atoms with Gasteiger partial charge >= 0.3 is 0 Å². The Morgan fingerprint density at radius 2 is 2.11 bits per heavy atom. The second kappa shape index (κ2) is 5.24. The highest BCUT2D eigenvalue weighted by Gasteiger charge is 2.20.